The van der Waals surface area contributed by atoms with Crippen LogP contribution >= 0.6 is 0 Å². The summed E-state index contributed by atoms with van der Waals surface area (Å²) in [6, 6.07) is 8.33. The lowest BCUT2D eigenvalue weighted by atomic mass is 9.95. The lowest BCUT2D eigenvalue weighted by molar-refractivity contribution is -0.137. The zero-order chi connectivity index (χ0) is 18.8. The van der Waals surface area contributed by atoms with Crippen molar-refractivity contribution >= 4 is 11.8 Å². The standard InChI is InChI=1S/C21H30N4O2/c1-14-4-8-16(9-5-14)18-11-19(24-23-18)21(27)25-10-2-3-17(13-25)20(26)22-12-15-6-7-15/h4-5,8-9,15,17-19,23-24H,2-3,6-7,10-13H2,1H3,(H,22,26). The van der Waals surface area contributed by atoms with Crippen LogP contribution in [-0.2, 0) is 9.59 Å². The zero-order valence-corrected chi connectivity index (χ0v) is 16.0. The van der Waals surface area contributed by atoms with Crippen LogP contribution in [0.5, 0.6) is 0 Å². The van der Waals surface area contributed by atoms with Crippen LogP contribution in [0.25, 0.3) is 0 Å². The van der Waals surface area contributed by atoms with E-state index in [1.807, 2.05) is 4.90 Å². The lowest BCUT2D eigenvalue weighted by Gasteiger charge is -2.33. The fraction of sp³-hybridized carbons (Fsp3) is 0.619. The van der Waals surface area contributed by atoms with E-state index >= 15 is 0 Å². The van der Waals surface area contributed by atoms with Crippen molar-refractivity contribution < 1.29 is 9.59 Å². The minimum absolute atomic E-state index is 0.0660. The minimum atomic E-state index is -0.232. The van der Waals surface area contributed by atoms with Gasteiger partial charge in [-0.15, -0.1) is 0 Å². The Hall–Kier alpha value is -1.92. The van der Waals surface area contributed by atoms with Crippen molar-refractivity contribution in [1.82, 2.24) is 21.1 Å². The van der Waals surface area contributed by atoms with E-state index < -0.39 is 0 Å². The highest BCUT2D eigenvalue weighted by atomic mass is 16.2. The highest BCUT2D eigenvalue weighted by Crippen LogP contribution is 2.28. The van der Waals surface area contributed by atoms with E-state index in [0.29, 0.717) is 12.5 Å². The number of benzene rings is 1. The predicted molar refractivity (Wildman–Crippen MR) is 104 cm³/mol. The summed E-state index contributed by atoms with van der Waals surface area (Å²) in [5, 5.41) is 3.07. The van der Waals surface area contributed by atoms with E-state index in [-0.39, 0.29) is 29.8 Å². The summed E-state index contributed by atoms with van der Waals surface area (Å²) in [7, 11) is 0. The molecular formula is C21H30N4O2. The summed E-state index contributed by atoms with van der Waals surface area (Å²) >= 11 is 0. The van der Waals surface area contributed by atoms with Crippen LogP contribution in [0.3, 0.4) is 0 Å². The molecule has 1 aliphatic carbocycles. The second-order valence-corrected chi connectivity index (χ2v) is 8.35. The summed E-state index contributed by atoms with van der Waals surface area (Å²) in [5.41, 5.74) is 8.85. The fourth-order valence-corrected chi connectivity index (χ4v) is 4.06. The van der Waals surface area contributed by atoms with Gasteiger partial charge in [-0.25, -0.2) is 10.9 Å². The molecule has 3 atom stereocenters. The molecule has 3 fully saturated rings. The van der Waals surface area contributed by atoms with Gasteiger partial charge >= 0.3 is 0 Å². The van der Waals surface area contributed by atoms with Gasteiger partial charge in [0.25, 0.3) is 0 Å². The first-order valence-electron chi connectivity index (χ1n) is 10.2. The molecule has 3 unspecified atom stereocenters. The van der Waals surface area contributed by atoms with Gasteiger partial charge in [0.15, 0.2) is 0 Å². The normalized spacial score (nSPS) is 28.2. The Morgan fingerprint density at radius 3 is 2.67 bits per heavy atom. The smallest absolute Gasteiger partial charge is 0.241 e. The van der Waals surface area contributed by atoms with E-state index in [1.165, 1.54) is 24.0 Å². The Labute approximate surface area is 161 Å². The van der Waals surface area contributed by atoms with E-state index in [9.17, 15) is 9.59 Å². The number of carbonyl (C=O) groups excluding carboxylic acids is 2. The Kier molecular flexibility index (Phi) is 5.45. The van der Waals surface area contributed by atoms with Crippen LogP contribution in [0, 0.1) is 18.8 Å². The molecule has 0 aromatic heterocycles. The Morgan fingerprint density at radius 2 is 1.93 bits per heavy atom. The van der Waals surface area contributed by atoms with Crippen LogP contribution in [0.4, 0.5) is 0 Å². The van der Waals surface area contributed by atoms with Crippen molar-refractivity contribution in [1.29, 1.82) is 0 Å². The average Bonchev–Trinajstić information content (AvgIpc) is 3.40. The maximum absolute atomic E-state index is 13.0. The van der Waals surface area contributed by atoms with Crippen molar-refractivity contribution in [2.45, 2.75) is 51.1 Å². The third-order valence-electron chi connectivity index (χ3n) is 6.05. The number of piperidine rings is 1. The molecule has 0 bridgehead atoms. The molecule has 0 spiro atoms. The lowest BCUT2D eigenvalue weighted by Crippen LogP contribution is -2.51. The number of carbonyl (C=O) groups is 2. The fourth-order valence-electron chi connectivity index (χ4n) is 4.06. The second-order valence-electron chi connectivity index (χ2n) is 8.35. The molecule has 1 aromatic rings. The molecule has 146 valence electrons. The Morgan fingerprint density at radius 1 is 1.15 bits per heavy atom. The van der Waals surface area contributed by atoms with E-state index in [0.717, 1.165) is 32.4 Å². The van der Waals surface area contributed by atoms with Crippen LogP contribution in [0.2, 0.25) is 0 Å². The SMILES string of the molecule is Cc1ccc(C2CC(C(=O)N3CCCC(C(=O)NCC4CC4)C3)NN2)cc1. The number of hydrazine groups is 1. The molecular weight excluding hydrogens is 340 g/mol. The first-order valence-corrected chi connectivity index (χ1v) is 10.2. The van der Waals surface area contributed by atoms with Gasteiger partial charge in [0.2, 0.25) is 11.8 Å². The molecule has 6 heteroatoms. The third kappa shape index (κ3) is 4.50. The van der Waals surface area contributed by atoms with Crippen molar-refractivity contribution in [3.05, 3.63) is 35.4 Å². The summed E-state index contributed by atoms with van der Waals surface area (Å²) in [6.45, 7) is 4.17. The van der Waals surface area contributed by atoms with Gasteiger partial charge in [0.05, 0.1) is 5.92 Å². The van der Waals surface area contributed by atoms with Crippen molar-refractivity contribution in [2.75, 3.05) is 19.6 Å². The third-order valence-corrected chi connectivity index (χ3v) is 6.05. The van der Waals surface area contributed by atoms with E-state index in [4.69, 9.17) is 0 Å². The number of aryl methyl sites for hydroxylation is 1. The van der Waals surface area contributed by atoms with Crippen molar-refractivity contribution in [3.8, 4) is 0 Å². The topological polar surface area (TPSA) is 73.5 Å². The van der Waals surface area contributed by atoms with Gasteiger partial charge in [-0.1, -0.05) is 29.8 Å². The zero-order valence-electron chi connectivity index (χ0n) is 16.0. The van der Waals surface area contributed by atoms with Gasteiger partial charge in [-0.05, 0) is 50.5 Å². The molecule has 1 aromatic carbocycles. The number of rotatable bonds is 5. The molecule has 2 saturated heterocycles. The first-order chi connectivity index (χ1) is 13.1. The molecule has 2 amide bonds. The Balaban J connectivity index is 1.30. The van der Waals surface area contributed by atoms with Crippen LogP contribution in [-0.4, -0.2) is 42.4 Å². The number of hydrogen-bond donors (Lipinski definition) is 3. The molecule has 4 rings (SSSR count). The van der Waals surface area contributed by atoms with E-state index in [1.54, 1.807) is 0 Å². The van der Waals surface area contributed by atoms with Crippen LogP contribution in [0.1, 0.15) is 49.3 Å². The molecule has 6 nitrogen and oxygen atoms in total. The van der Waals surface area contributed by atoms with Crippen LogP contribution < -0.4 is 16.2 Å². The quantitative estimate of drug-likeness (QED) is 0.737. The number of likely N-dealkylation sites (tertiary alicyclic amines) is 1. The summed E-state index contributed by atoms with van der Waals surface area (Å²) in [5.74, 6) is 0.845. The maximum Gasteiger partial charge on any atom is 0.241 e. The highest BCUT2D eigenvalue weighted by Gasteiger charge is 2.36. The Bertz CT molecular complexity index is 686. The molecule has 2 heterocycles. The monoisotopic (exact) mass is 370 g/mol. The van der Waals surface area contributed by atoms with Crippen molar-refractivity contribution in [3.63, 3.8) is 0 Å². The van der Waals surface area contributed by atoms with Gasteiger partial charge < -0.3 is 10.2 Å². The molecule has 0 radical (unpaired) electrons. The predicted octanol–water partition coefficient (Wildman–Crippen LogP) is 1.67. The average molecular weight is 370 g/mol. The van der Waals surface area contributed by atoms with Gasteiger partial charge in [0.1, 0.15) is 6.04 Å². The van der Waals surface area contributed by atoms with E-state index in [2.05, 4.69) is 47.4 Å². The van der Waals surface area contributed by atoms with Crippen molar-refractivity contribution in [2.24, 2.45) is 11.8 Å². The summed E-state index contributed by atoms with van der Waals surface area (Å²) in [6.07, 6.45) is 4.98. The maximum atomic E-state index is 13.0. The minimum Gasteiger partial charge on any atom is -0.356 e. The number of hydrogen-bond acceptors (Lipinski definition) is 4. The molecule has 1 saturated carbocycles. The molecule has 2 aliphatic heterocycles. The second kappa shape index (κ2) is 7.98. The number of amides is 2. The number of nitrogens with one attached hydrogen (secondary N) is 3. The highest BCUT2D eigenvalue weighted by molar-refractivity contribution is 5.84. The van der Waals surface area contributed by atoms with Gasteiger partial charge in [-0.3, -0.25) is 9.59 Å². The largest absolute Gasteiger partial charge is 0.356 e. The summed E-state index contributed by atoms with van der Waals surface area (Å²) in [4.78, 5) is 27.3. The molecule has 27 heavy (non-hydrogen) atoms. The molecule has 3 N–H and O–H groups in total. The summed E-state index contributed by atoms with van der Waals surface area (Å²) < 4.78 is 0. The molecule has 3 aliphatic rings. The van der Waals surface area contributed by atoms with Gasteiger partial charge in [0, 0.05) is 25.7 Å². The number of nitrogens with zero attached hydrogens (tertiary/aromatic N) is 1. The first kappa shape index (κ1) is 18.4. The van der Waals surface area contributed by atoms with Gasteiger partial charge in [-0.2, -0.15) is 0 Å². The van der Waals surface area contributed by atoms with Crippen LogP contribution in [0.15, 0.2) is 24.3 Å².